The van der Waals surface area contributed by atoms with Crippen LogP contribution in [0, 0.1) is 0 Å². The highest BCUT2D eigenvalue weighted by molar-refractivity contribution is 5.90. The Morgan fingerprint density at radius 3 is 1.83 bits per heavy atom. The molecule has 1 heterocycles. The Labute approximate surface area is 203 Å². The molecule has 8 heteroatoms. The lowest BCUT2D eigenvalue weighted by atomic mass is 9.99. The van der Waals surface area contributed by atoms with E-state index in [0.717, 1.165) is 16.8 Å². The van der Waals surface area contributed by atoms with Crippen LogP contribution in [0.5, 0.6) is 0 Å². The highest BCUT2D eigenvalue weighted by Crippen LogP contribution is 2.25. The van der Waals surface area contributed by atoms with Crippen molar-refractivity contribution in [2.24, 2.45) is 0 Å². The molecule has 0 radical (unpaired) electrons. The van der Waals surface area contributed by atoms with Gasteiger partial charge in [0, 0.05) is 18.8 Å². The van der Waals surface area contributed by atoms with Gasteiger partial charge in [0.15, 0.2) is 0 Å². The standard InChI is InChI=1S/C27H29NO7/c29-17-22-23(30)24(31)25(32)27(34-22)35-26(33)20-11-13-21(14-12-20)28(15-18-7-3-1-4-8-18)16-19-9-5-2-6-10-19/h1-14,22-25,27,29-32H,15-17H2/t22-,23-,24+,25-,27?/m1/s1. The summed E-state index contributed by atoms with van der Waals surface area (Å²) in [6, 6.07) is 27.0. The summed E-state index contributed by atoms with van der Waals surface area (Å²) in [6.45, 7) is 0.737. The van der Waals surface area contributed by atoms with Crippen molar-refractivity contribution < 1.29 is 34.7 Å². The molecule has 0 aliphatic carbocycles. The maximum Gasteiger partial charge on any atom is 0.340 e. The normalized spacial score (nSPS) is 24.1. The monoisotopic (exact) mass is 479 g/mol. The Balaban J connectivity index is 1.48. The van der Waals surface area contributed by atoms with Crippen molar-refractivity contribution in [3.63, 3.8) is 0 Å². The molecule has 0 saturated carbocycles. The first-order valence-corrected chi connectivity index (χ1v) is 11.4. The zero-order valence-corrected chi connectivity index (χ0v) is 19.1. The third kappa shape index (κ3) is 6.05. The number of rotatable bonds is 8. The lowest BCUT2D eigenvalue weighted by molar-refractivity contribution is -0.285. The second-order valence-corrected chi connectivity index (χ2v) is 8.48. The third-order valence-electron chi connectivity index (χ3n) is 5.97. The number of carbonyl (C=O) groups is 1. The van der Waals surface area contributed by atoms with Crippen LogP contribution in [0.1, 0.15) is 21.5 Å². The van der Waals surface area contributed by atoms with Crippen LogP contribution in [0.15, 0.2) is 84.9 Å². The lowest BCUT2D eigenvalue weighted by Gasteiger charge is -2.39. The van der Waals surface area contributed by atoms with Crippen molar-refractivity contribution >= 4 is 11.7 Å². The Morgan fingerprint density at radius 1 is 0.771 bits per heavy atom. The predicted molar refractivity (Wildman–Crippen MR) is 128 cm³/mol. The van der Waals surface area contributed by atoms with Gasteiger partial charge in [-0.05, 0) is 35.4 Å². The molecule has 1 aliphatic rings. The fraction of sp³-hybridized carbons (Fsp3) is 0.296. The Bertz CT molecular complexity index is 1030. The number of carbonyl (C=O) groups excluding carboxylic acids is 1. The number of aliphatic hydroxyl groups is 4. The maximum absolute atomic E-state index is 12.7. The Kier molecular flexibility index (Phi) is 8.12. The van der Waals surface area contributed by atoms with Gasteiger partial charge in [0.05, 0.1) is 12.2 Å². The second-order valence-electron chi connectivity index (χ2n) is 8.48. The fourth-order valence-electron chi connectivity index (χ4n) is 3.99. The van der Waals surface area contributed by atoms with Gasteiger partial charge in [-0.1, -0.05) is 60.7 Å². The van der Waals surface area contributed by atoms with Crippen molar-refractivity contribution in [2.45, 2.75) is 43.8 Å². The van der Waals surface area contributed by atoms with E-state index < -0.39 is 43.3 Å². The van der Waals surface area contributed by atoms with Crippen LogP contribution in [-0.2, 0) is 22.6 Å². The molecule has 5 atom stereocenters. The van der Waals surface area contributed by atoms with Crippen LogP contribution in [0.4, 0.5) is 5.69 Å². The average Bonchev–Trinajstić information content (AvgIpc) is 2.90. The molecule has 0 bridgehead atoms. The molecule has 184 valence electrons. The van der Waals surface area contributed by atoms with E-state index in [2.05, 4.69) is 29.2 Å². The number of ether oxygens (including phenoxy) is 2. The molecular formula is C27H29NO7. The van der Waals surface area contributed by atoms with Gasteiger partial charge < -0.3 is 34.8 Å². The molecule has 3 aromatic carbocycles. The SMILES string of the molecule is O=C(OC1O[C@H](CO)[C@@H](O)[C@H](O)[C@H]1O)c1ccc(N(Cc2ccccc2)Cc2ccccc2)cc1. The second kappa shape index (κ2) is 11.4. The number of hydrogen-bond acceptors (Lipinski definition) is 8. The van der Waals surface area contributed by atoms with Gasteiger partial charge in [0.2, 0.25) is 6.29 Å². The number of esters is 1. The summed E-state index contributed by atoms with van der Waals surface area (Å²) in [5.41, 5.74) is 3.43. The highest BCUT2D eigenvalue weighted by Gasteiger charge is 2.45. The maximum atomic E-state index is 12.7. The van der Waals surface area contributed by atoms with Gasteiger partial charge in [-0.2, -0.15) is 0 Å². The summed E-state index contributed by atoms with van der Waals surface area (Å²) in [6.07, 6.45) is -7.47. The van der Waals surface area contributed by atoms with E-state index in [1.165, 1.54) is 0 Å². The molecule has 3 aromatic rings. The van der Waals surface area contributed by atoms with Crippen LogP contribution in [0.3, 0.4) is 0 Å². The Hall–Kier alpha value is -3.27. The number of hydrogen-bond donors (Lipinski definition) is 4. The van der Waals surface area contributed by atoms with Crippen molar-refractivity contribution in [3.05, 3.63) is 102 Å². The molecule has 0 amide bonds. The molecule has 1 aliphatic heterocycles. The van der Waals surface area contributed by atoms with E-state index in [4.69, 9.17) is 9.47 Å². The van der Waals surface area contributed by atoms with Crippen LogP contribution in [0.2, 0.25) is 0 Å². The zero-order chi connectivity index (χ0) is 24.8. The molecule has 4 rings (SSSR count). The van der Waals surface area contributed by atoms with E-state index in [1.807, 2.05) is 48.5 Å². The van der Waals surface area contributed by atoms with E-state index in [-0.39, 0.29) is 5.56 Å². The van der Waals surface area contributed by atoms with Gasteiger partial charge in [-0.25, -0.2) is 4.79 Å². The summed E-state index contributed by atoms with van der Waals surface area (Å²) in [5, 5.41) is 39.2. The third-order valence-corrected chi connectivity index (χ3v) is 5.97. The number of anilines is 1. The van der Waals surface area contributed by atoms with E-state index in [9.17, 15) is 25.2 Å². The first-order chi connectivity index (χ1) is 17.0. The topological polar surface area (TPSA) is 120 Å². The minimum Gasteiger partial charge on any atom is -0.429 e. The van der Waals surface area contributed by atoms with Crippen LogP contribution in [-0.4, -0.2) is 63.7 Å². The molecule has 8 nitrogen and oxygen atoms in total. The van der Waals surface area contributed by atoms with Crippen LogP contribution in [0.25, 0.3) is 0 Å². The molecular weight excluding hydrogens is 450 g/mol. The van der Waals surface area contributed by atoms with Gasteiger partial charge in [0.1, 0.15) is 24.4 Å². The van der Waals surface area contributed by atoms with Gasteiger partial charge in [0.25, 0.3) is 0 Å². The van der Waals surface area contributed by atoms with Gasteiger partial charge in [-0.15, -0.1) is 0 Å². The van der Waals surface area contributed by atoms with Gasteiger partial charge >= 0.3 is 5.97 Å². The summed E-state index contributed by atoms with van der Waals surface area (Å²) < 4.78 is 10.5. The predicted octanol–water partition coefficient (Wildman–Crippen LogP) is 1.85. The molecule has 1 fully saturated rings. The summed E-state index contributed by atoms with van der Waals surface area (Å²) in [4.78, 5) is 14.9. The summed E-state index contributed by atoms with van der Waals surface area (Å²) in [5.74, 6) is -0.765. The summed E-state index contributed by atoms with van der Waals surface area (Å²) >= 11 is 0. The van der Waals surface area contributed by atoms with E-state index in [0.29, 0.717) is 13.1 Å². The Morgan fingerprint density at radius 2 is 1.31 bits per heavy atom. The van der Waals surface area contributed by atoms with Crippen molar-refractivity contribution in [3.8, 4) is 0 Å². The molecule has 0 aromatic heterocycles. The summed E-state index contributed by atoms with van der Waals surface area (Å²) in [7, 11) is 0. The average molecular weight is 480 g/mol. The molecule has 1 saturated heterocycles. The molecule has 35 heavy (non-hydrogen) atoms. The number of nitrogens with zero attached hydrogens (tertiary/aromatic N) is 1. The van der Waals surface area contributed by atoms with Gasteiger partial charge in [-0.3, -0.25) is 0 Å². The minimum atomic E-state index is -1.65. The molecule has 1 unspecified atom stereocenters. The zero-order valence-electron chi connectivity index (χ0n) is 19.1. The largest absolute Gasteiger partial charge is 0.429 e. The van der Waals surface area contributed by atoms with Crippen molar-refractivity contribution in [1.29, 1.82) is 0 Å². The van der Waals surface area contributed by atoms with E-state index in [1.54, 1.807) is 12.1 Å². The smallest absolute Gasteiger partial charge is 0.340 e. The van der Waals surface area contributed by atoms with E-state index >= 15 is 0 Å². The molecule has 0 spiro atoms. The van der Waals surface area contributed by atoms with Crippen molar-refractivity contribution in [1.82, 2.24) is 0 Å². The first kappa shape index (κ1) is 24.8. The number of aliphatic hydroxyl groups excluding tert-OH is 4. The highest BCUT2D eigenvalue weighted by atomic mass is 16.7. The quantitative estimate of drug-likeness (QED) is 0.362. The molecule has 4 N–H and O–H groups in total. The fourth-order valence-corrected chi connectivity index (χ4v) is 3.99. The first-order valence-electron chi connectivity index (χ1n) is 11.4. The van der Waals surface area contributed by atoms with Crippen LogP contribution < -0.4 is 4.90 Å². The minimum absolute atomic E-state index is 0.227. The number of benzene rings is 3. The lowest BCUT2D eigenvalue weighted by Crippen LogP contribution is -2.59. The van der Waals surface area contributed by atoms with Crippen molar-refractivity contribution in [2.75, 3.05) is 11.5 Å². The van der Waals surface area contributed by atoms with Crippen LogP contribution >= 0.6 is 0 Å².